The molecule has 3 aromatic carbocycles. The number of rotatable bonds is 10. The van der Waals surface area contributed by atoms with Gasteiger partial charge in [0.15, 0.2) is 6.10 Å². The third-order valence-electron chi connectivity index (χ3n) is 7.69. The van der Waals surface area contributed by atoms with Crippen molar-refractivity contribution in [1.82, 2.24) is 9.62 Å². The number of anilines is 1. The predicted molar refractivity (Wildman–Crippen MR) is 160 cm³/mol. The summed E-state index contributed by atoms with van der Waals surface area (Å²) in [6, 6.07) is 22.6. The molecule has 0 spiro atoms. The van der Waals surface area contributed by atoms with Crippen molar-refractivity contribution in [3.63, 3.8) is 0 Å². The molecule has 1 heterocycles. The Labute approximate surface area is 247 Å². The van der Waals surface area contributed by atoms with Crippen LogP contribution in [-0.2, 0) is 26.2 Å². The van der Waals surface area contributed by atoms with Crippen LogP contribution in [0.4, 0.5) is 5.69 Å². The van der Waals surface area contributed by atoms with Crippen LogP contribution in [0.1, 0.15) is 44.6 Å². The fourth-order valence-electron chi connectivity index (χ4n) is 5.51. The molecule has 5 rings (SSSR count). The van der Waals surface area contributed by atoms with Gasteiger partial charge in [0.05, 0.1) is 30.3 Å². The molecule has 1 saturated carbocycles. The Balaban J connectivity index is 1.38. The molecule has 2 aliphatic rings. The van der Waals surface area contributed by atoms with E-state index in [2.05, 4.69) is 5.32 Å². The van der Waals surface area contributed by atoms with Gasteiger partial charge in [-0.3, -0.25) is 9.59 Å². The highest BCUT2D eigenvalue weighted by Crippen LogP contribution is 2.34. The smallest absolute Gasteiger partial charge is 0.263 e. The quantitative estimate of drug-likeness (QED) is 0.372. The van der Waals surface area contributed by atoms with Gasteiger partial charge < -0.3 is 19.7 Å². The van der Waals surface area contributed by atoms with Gasteiger partial charge in [0.25, 0.3) is 5.91 Å². The summed E-state index contributed by atoms with van der Waals surface area (Å²) in [4.78, 5) is 28.7. The SMILES string of the molecule is CCOc1ccc(S(=O)(=O)N(CC(=O)N2C[C@@H](C(=O)NCc3ccccc3)Oc3ccccc32)C2CCCCC2)cc1. The van der Waals surface area contributed by atoms with Crippen LogP contribution in [-0.4, -0.2) is 56.4 Å². The lowest BCUT2D eigenvalue weighted by Crippen LogP contribution is -2.54. The van der Waals surface area contributed by atoms with Crippen molar-refractivity contribution >= 4 is 27.5 Å². The second-order valence-corrected chi connectivity index (χ2v) is 12.4. The Morgan fingerprint density at radius 3 is 2.36 bits per heavy atom. The largest absolute Gasteiger partial charge is 0.494 e. The molecule has 0 radical (unpaired) electrons. The van der Waals surface area contributed by atoms with E-state index in [0.717, 1.165) is 24.8 Å². The highest BCUT2D eigenvalue weighted by atomic mass is 32.2. The number of amides is 2. The summed E-state index contributed by atoms with van der Waals surface area (Å²) in [5.41, 5.74) is 1.45. The second-order valence-electron chi connectivity index (χ2n) is 10.5. The standard InChI is InChI=1S/C32H37N3O6S/c1-2-40-26-17-19-27(20-18-26)42(38,39)35(25-13-7-4-8-14-25)23-31(36)34-22-30(41-29-16-10-9-15-28(29)34)32(37)33-21-24-11-5-3-6-12-24/h3,5-6,9-12,15-20,25,30H,2,4,7-8,13-14,21-23H2,1H3,(H,33,37)/t30-/m0/s1. The van der Waals surface area contributed by atoms with Crippen LogP contribution in [0.15, 0.2) is 83.8 Å². The first-order valence-corrected chi connectivity index (χ1v) is 15.9. The van der Waals surface area contributed by atoms with Crippen LogP contribution >= 0.6 is 0 Å². The fourth-order valence-corrected chi connectivity index (χ4v) is 7.15. The lowest BCUT2D eigenvalue weighted by atomic mass is 9.95. The Kier molecular flexibility index (Phi) is 9.44. The summed E-state index contributed by atoms with van der Waals surface area (Å²) in [6.45, 7) is 2.29. The molecule has 1 fully saturated rings. The zero-order chi connectivity index (χ0) is 29.5. The Hall–Kier alpha value is -3.89. The molecule has 2 amide bonds. The molecule has 42 heavy (non-hydrogen) atoms. The number of fused-ring (bicyclic) bond motifs is 1. The third-order valence-corrected chi connectivity index (χ3v) is 9.60. The molecule has 3 aromatic rings. The maximum Gasteiger partial charge on any atom is 0.263 e. The maximum atomic E-state index is 14.0. The van der Waals surface area contributed by atoms with Crippen LogP contribution in [0.25, 0.3) is 0 Å². The number of ether oxygens (including phenoxy) is 2. The van der Waals surface area contributed by atoms with Crippen LogP contribution in [0.2, 0.25) is 0 Å². The summed E-state index contributed by atoms with van der Waals surface area (Å²) >= 11 is 0. The highest BCUT2D eigenvalue weighted by molar-refractivity contribution is 7.89. The van der Waals surface area contributed by atoms with Crippen molar-refractivity contribution in [3.05, 3.63) is 84.4 Å². The minimum Gasteiger partial charge on any atom is -0.494 e. The van der Waals surface area contributed by atoms with Crippen LogP contribution in [0.3, 0.4) is 0 Å². The van der Waals surface area contributed by atoms with E-state index >= 15 is 0 Å². The number of nitrogens with zero attached hydrogens (tertiary/aromatic N) is 2. The fraction of sp³-hybridized carbons (Fsp3) is 0.375. The number of nitrogens with one attached hydrogen (secondary N) is 1. The molecular formula is C32H37N3O6S. The van der Waals surface area contributed by atoms with E-state index in [-0.39, 0.29) is 29.9 Å². The molecule has 0 saturated heterocycles. The average Bonchev–Trinajstić information content (AvgIpc) is 3.03. The number of sulfonamides is 1. The van der Waals surface area contributed by atoms with E-state index in [0.29, 0.717) is 43.2 Å². The van der Waals surface area contributed by atoms with Crippen molar-refractivity contribution < 1.29 is 27.5 Å². The van der Waals surface area contributed by atoms with E-state index in [4.69, 9.17) is 9.47 Å². The van der Waals surface area contributed by atoms with Crippen molar-refractivity contribution in [3.8, 4) is 11.5 Å². The summed E-state index contributed by atoms with van der Waals surface area (Å²) in [7, 11) is -3.99. The van der Waals surface area contributed by atoms with E-state index < -0.39 is 22.0 Å². The maximum absolute atomic E-state index is 14.0. The Morgan fingerprint density at radius 2 is 1.64 bits per heavy atom. The van der Waals surface area contributed by atoms with Gasteiger partial charge in [-0.15, -0.1) is 0 Å². The van der Waals surface area contributed by atoms with Gasteiger partial charge in [-0.2, -0.15) is 4.31 Å². The van der Waals surface area contributed by atoms with Crippen LogP contribution in [0.5, 0.6) is 11.5 Å². The lowest BCUT2D eigenvalue weighted by molar-refractivity contribution is -0.128. The number of carbonyl (C=O) groups excluding carboxylic acids is 2. The van der Waals surface area contributed by atoms with E-state index in [1.54, 1.807) is 36.4 Å². The van der Waals surface area contributed by atoms with Gasteiger partial charge in [0.1, 0.15) is 11.5 Å². The number of hydrogen-bond acceptors (Lipinski definition) is 6. The zero-order valence-electron chi connectivity index (χ0n) is 23.8. The number of para-hydroxylation sites is 2. The van der Waals surface area contributed by atoms with E-state index in [1.807, 2.05) is 37.3 Å². The number of carbonyl (C=O) groups is 2. The highest BCUT2D eigenvalue weighted by Gasteiger charge is 2.38. The summed E-state index contributed by atoms with van der Waals surface area (Å²) in [6.07, 6.45) is 3.27. The topological polar surface area (TPSA) is 105 Å². The molecule has 1 N–H and O–H groups in total. The van der Waals surface area contributed by atoms with Gasteiger partial charge in [0.2, 0.25) is 15.9 Å². The van der Waals surface area contributed by atoms with E-state index in [1.165, 1.54) is 21.3 Å². The first-order chi connectivity index (χ1) is 20.4. The summed E-state index contributed by atoms with van der Waals surface area (Å²) < 4.78 is 40.8. The van der Waals surface area contributed by atoms with Crippen molar-refractivity contribution in [2.24, 2.45) is 0 Å². The van der Waals surface area contributed by atoms with Crippen molar-refractivity contribution in [2.75, 3.05) is 24.6 Å². The van der Waals surface area contributed by atoms with Crippen LogP contribution in [0, 0.1) is 0 Å². The molecule has 10 heteroatoms. The first-order valence-electron chi connectivity index (χ1n) is 14.5. The van der Waals surface area contributed by atoms with Crippen LogP contribution < -0.4 is 19.7 Å². The summed E-state index contributed by atoms with van der Waals surface area (Å²) in [5, 5.41) is 2.89. The molecule has 0 aromatic heterocycles. The molecule has 222 valence electrons. The first kappa shape index (κ1) is 29.6. The number of hydrogen-bond donors (Lipinski definition) is 1. The molecule has 0 unspecified atom stereocenters. The molecule has 9 nitrogen and oxygen atoms in total. The normalized spacial score (nSPS) is 17.3. The number of benzene rings is 3. The second kappa shape index (κ2) is 13.4. The predicted octanol–water partition coefficient (Wildman–Crippen LogP) is 4.52. The molecule has 1 aliphatic carbocycles. The van der Waals surface area contributed by atoms with Gasteiger partial charge in [-0.1, -0.05) is 61.7 Å². The zero-order valence-corrected chi connectivity index (χ0v) is 24.6. The third kappa shape index (κ3) is 6.77. The Bertz CT molecular complexity index is 1470. The Morgan fingerprint density at radius 1 is 0.952 bits per heavy atom. The van der Waals surface area contributed by atoms with Gasteiger partial charge >= 0.3 is 0 Å². The van der Waals surface area contributed by atoms with Crippen molar-refractivity contribution in [1.29, 1.82) is 0 Å². The summed E-state index contributed by atoms with van der Waals surface area (Å²) in [5.74, 6) is 0.220. The van der Waals surface area contributed by atoms with Gasteiger partial charge in [0, 0.05) is 12.6 Å². The minimum absolute atomic E-state index is 0.0297. The van der Waals surface area contributed by atoms with Gasteiger partial charge in [-0.05, 0) is 61.7 Å². The minimum atomic E-state index is -3.99. The van der Waals surface area contributed by atoms with Crippen molar-refractivity contribution in [2.45, 2.75) is 62.6 Å². The molecular weight excluding hydrogens is 554 g/mol. The monoisotopic (exact) mass is 591 g/mol. The molecule has 1 aliphatic heterocycles. The lowest BCUT2D eigenvalue weighted by Gasteiger charge is -2.37. The molecule has 1 atom stereocenters. The average molecular weight is 592 g/mol. The van der Waals surface area contributed by atoms with Gasteiger partial charge in [-0.25, -0.2) is 8.42 Å². The van der Waals surface area contributed by atoms with E-state index in [9.17, 15) is 18.0 Å². The molecule has 0 bridgehead atoms.